The maximum atomic E-state index is 13.1. The molecule has 0 aliphatic rings. The molecule has 0 heterocycles. The number of carbonyl (C=O) groups is 1. The Balaban J connectivity index is 3.36. The van der Waals surface area contributed by atoms with Gasteiger partial charge in [0.25, 0.3) is 0 Å². The Morgan fingerprint density at radius 2 is 2.17 bits per heavy atom. The van der Waals surface area contributed by atoms with E-state index in [4.69, 9.17) is 5.11 Å². The van der Waals surface area contributed by atoms with Gasteiger partial charge in [0, 0.05) is 3.57 Å². The molecule has 5 heteroatoms. The fourth-order valence-electron chi connectivity index (χ4n) is 0.691. The lowest BCUT2D eigenvalue weighted by molar-refractivity contribution is 0.0691. The van der Waals surface area contributed by atoms with E-state index in [9.17, 15) is 9.18 Å². The van der Waals surface area contributed by atoms with Crippen LogP contribution in [0, 0.1) is 9.39 Å². The first-order chi connectivity index (χ1) is 5.54. The van der Waals surface area contributed by atoms with Crippen LogP contribution >= 0.6 is 38.5 Å². The Morgan fingerprint density at radius 3 is 2.67 bits per heavy atom. The van der Waals surface area contributed by atoms with E-state index in [2.05, 4.69) is 15.9 Å². The van der Waals surface area contributed by atoms with Crippen LogP contribution in [0.3, 0.4) is 0 Å². The zero-order valence-corrected chi connectivity index (χ0v) is 9.39. The van der Waals surface area contributed by atoms with Crippen molar-refractivity contribution in [2.45, 2.75) is 0 Å². The first-order valence-corrected chi connectivity index (χ1v) is 4.78. The lowest BCUT2D eigenvalue weighted by Crippen LogP contribution is -2.01. The molecule has 0 radical (unpaired) electrons. The fourth-order valence-corrected chi connectivity index (χ4v) is 1.45. The predicted molar refractivity (Wildman–Crippen MR) is 53.8 cm³/mol. The molecule has 0 aliphatic heterocycles. The van der Waals surface area contributed by atoms with Crippen molar-refractivity contribution < 1.29 is 14.3 Å². The van der Waals surface area contributed by atoms with E-state index in [0.717, 1.165) is 0 Å². The highest BCUT2D eigenvalue weighted by Gasteiger charge is 2.14. The van der Waals surface area contributed by atoms with Gasteiger partial charge in [-0.25, -0.2) is 9.18 Å². The number of hydrogen-bond donors (Lipinski definition) is 1. The van der Waals surface area contributed by atoms with Crippen LogP contribution < -0.4 is 0 Å². The molecule has 0 amide bonds. The van der Waals surface area contributed by atoms with Crippen molar-refractivity contribution in [3.05, 3.63) is 31.6 Å². The number of carboxylic acid groups (broad SMARTS) is 1. The summed E-state index contributed by atoms with van der Waals surface area (Å²) in [4.78, 5) is 10.4. The third kappa shape index (κ3) is 1.77. The van der Waals surface area contributed by atoms with Crippen molar-refractivity contribution in [1.82, 2.24) is 0 Å². The molecule has 2 nitrogen and oxygen atoms in total. The maximum Gasteiger partial charge on any atom is 0.338 e. The molecule has 1 rings (SSSR count). The van der Waals surface area contributed by atoms with E-state index in [1.807, 2.05) is 22.6 Å². The highest BCUT2D eigenvalue weighted by Crippen LogP contribution is 2.24. The van der Waals surface area contributed by atoms with Crippen molar-refractivity contribution in [2.24, 2.45) is 0 Å². The van der Waals surface area contributed by atoms with Crippen LogP contribution in [0.5, 0.6) is 0 Å². The summed E-state index contributed by atoms with van der Waals surface area (Å²) in [6.45, 7) is 0. The summed E-state index contributed by atoms with van der Waals surface area (Å²) in [5.74, 6) is -1.99. The third-order valence-electron chi connectivity index (χ3n) is 1.27. The largest absolute Gasteiger partial charge is 0.478 e. The van der Waals surface area contributed by atoms with E-state index >= 15 is 0 Å². The SMILES string of the molecule is O=C(O)c1ccc(I)c(Br)c1F. The van der Waals surface area contributed by atoms with Gasteiger partial charge >= 0.3 is 5.97 Å². The van der Waals surface area contributed by atoms with Crippen LogP contribution in [0.2, 0.25) is 0 Å². The second-order valence-corrected chi connectivity index (χ2v) is 3.98. The average Bonchev–Trinajstić information content (AvgIpc) is 2.00. The van der Waals surface area contributed by atoms with E-state index < -0.39 is 11.8 Å². The lowest BCUT2D eigenvalue weighted by atomic mass is 10.2. The molecule has 0 aromatic heterocycles. The van der Waals surface area contributed by atoms with Crippen LogP contribution in [0.25, 0.3) is 0 Å². The summed E-state index contributed by atoms with van der Waals surface area (Å²) in [6.07, 6.45) is 0. The first-order valence-electron chi connectivity index (χ1n) is 2.91. The minimum atomic E-state index is -1.26. The van der Waals surface area contributed by atoms with E-state index in [-0.39, 0.29) is 10.0 Å². The number of rotatable bonds is 1. The number of carboxylic acids is 1. The second-order valence-electron chi connectivity index (χ2n) is 2.03. The second kappa shape index (κ2) is 3.69. The van der Waals surface area contributed by atoms with Crippen LogP contribution in [0.15, 0.2) is 16.6 Å². The summed E-state index contributed by atoms with van der Waals surface area (Å²) in [5, 5.41) is 8.52. The van der Waals surface area contributed by atoms with Gasteiger partial charge in [0.1, 0.15) is 0 Å². The molecule has 0 fully saturated rings. The topological polar surface area (TPSA) is 37.3 Å². The molecule has 12 heavy (non-hydrogen) atoms. The predicted octanol–water partition coefficient (Wildman–Crippen LogP) is 2.89. The third-order valence-corrected chi connectivity index (χ3v) is 3.68. The highest BCUT2D eigenvalue weighted by atomic mass is 127. The Labute approximate surface area is 90.0 Å². The van der Waals surface area contributed by atoms with Gasteiger partial charge in [-0.1, -0.05) is 0 Å². The molecule has 1 aromatic rings. The molecule has 0 saturated carbocycles. The van der Waals surface area contributed by atoms with Crippen molar-refractivity contribution in [3.8, 4) is 0 Å². The maximum absolute atomic E-state index is 13.1. The molecule has 0 unspecified atom stereocenters. The van der Waals surface area contributed by atoms with Crippen molar-refractivity contribution in [2.75, 3.05) is 0 Å². The Morgan fingerprint density at radius 1 is 1.58 bits per heavy atom. The summed E-state index contributed by atoms with van der Waals surface area (Å²) >= 11 is 4.86. The van der Waals surface area contributed by atoms with E-state index in [1.165, 1.54) is 12.1 Å². The average molecular weight is 345 g/mol. The first kappa shape index (κ1) is 9.91. The highest BCUT2D eigenvalue weighted by molar-refractivity contribution is 14.1. The van der Waals surface area contributed by atoms with Gasteiger partial charge in [-0.05, 0) is 50.7 Å². The molecule has 1 aromatic carbocycles. The number of hydrogen-bond acceptors (Lipinski definition) is 1. The minimum Gasteiger partial charge on any atom is -0.478 e. The van der Waals surface area contributed by atoms with Crippen molar-refractivity contribution >= 4 is 44.5 Å². The molecule has 0 spiro atoms. The van der Waals surface area contributed by atoms with Gasteiger partial charge in [-0.2, -0.15) is 0 Å². The van der Waals surface area contributed by atoms with Crippen LogP contribution in [0.1, 0.15) is 10.4 Å². The number of benzene rings is 1. The van der Waals surface area contributed by atoms with Crippen LogP contribution in [0.4, 0.5) is 4.39 Å². The van der Waals surface area contributed by atoms with Crippen molar-refractivity contribution in [1.29, 1.82) is 0 Å². The van der Waals surface area contributed by atoms with Crippen LogP contribution in [-0.4, -0.2) is 11.1 Å². The molecule has 64 valence electrons. The summed E-state index contributed by atoms with van der Waals surface area (Å²) < 4.78 is 13.9. The lowest BCUT2D eigenvalue weighted by Gasteiger charge is -2.00. The standard InChI is InChI=1S/C7H3BrFIO2/c8-5-4(10)2-1-3(6(5)9)7(11)12/h1-2H,(H,11,12). The summed E-state index contributed by atoms with van der Waals surface area (Å²) in [7, 11) is 0. The molecular weight excluding hydrogens is 342 g/mol. The molecule has 0 bridgehead atoms. The zero-order valence-electron chi connectivity index (χ0n) is 5.64. The van der Waals surface area contributed by atoms with Crippen molar-refractivity contribution in [3.63, 3.8) is 0 Å². The van der Waals surface area contributed by atoms with Gasteiger partial charge in [-0.15, -0.1) is 0 Å². The normalized spacial score (nSPS) is 9.92. The number of halogens is 3. The monoisotopic (exact) mass is 344 g/mol. The van der Waals surface area contributed by atoms with Gasteiger partial charge < -0.3 is 5.11 Å². The van der Waals surface area contributed by atoms with Gasteiger partial charge in [-0.3, -0.25) is 0 Å². The van der Waals surface area contributed by atoms with E-state index in [1.54, 1.807) is 0 Å². The molecule has 0 aliphatic carbocycles. The van der Waals surface area contributed by atoms with Gasteiger partial charge in [0.15, 0.2) is 5.82 Å². The Bertz CT molecular complexity index is 340. The van der Waals surface area contributed by atoms with Gasteiger partial charge in [0.05, 0.1) is 10.0 Å². The number of aromatic carboxylic acids is 1. The summed E-state index contributed by atoms with van der Waals surface area (Å²) in [5.41, 5.74) is -0.317. The minimum absolute atomic E-state index is 0.197. The van der Waals surface area contributed by atoms with Crippen LogP contribution in [-0.2, 0) is 0 Å². The molecule has 0 atom stereocenters. The van der Waals surface area contributed by atoms with E-state index in [0.29, 0.717) is 3.57 Å². The smallest absolute Gasteiger partial charge is 0.338 e. The molecule has 1 N–H and O–H groups in total. The zero-order chi connectivity index (χ0) is 9.30. The quantitative estimate of drug-likeness (QED) is 0.628. The Kier molecular flexibility index (Phi) is 3.05. The molecule has 0 saturated heterocycles. The summed E-state index contributed by atoms with van der Waals surface area (Å²) in [6, 6.07) is 2.78. The fraction of sp³-hybridized carbons (Fsp3) is 0. The molecular formula is C7H3BrFIO2. The Hall–Kier alpha value is -0.170. The van der Waals surface area contributed by atoms with Gasteiger partial charge in [0.2, 0.25) is 0 Å².